The molecule has 0 saturated heterocycles. The van der Waals surface area contributed by atoms with Crippen LogP contribution in [0, 0.1) is 0 Å². The molecular weight excluding hydrogens is 474 g/mol. The van der Waals surface area contributed by atoms with Crippen molar-refractivity contribution in [2.45, 2.75) is 6.42 Å². The van der Waals surface area contributed by atoms with E-state index in [-0.39, 0.29) is 5.91 Å². The van der Waals surface area contributed by atoms with Gasteiger partial charge in [-0.05, 0) is 72.6 Å². The maximum atomic E-state index is 12.0. The third-order valence-electron chi connectivity index (χ3n) is 3.66. The molecule has 1 amide bonds. The monoisotopic (exact) mass is 491 g/mol. The molecule has 0 fully saturated rings. The Labute approximate surface area is 186 Å². The summed E-state index contributed by atoms with van der Waals surface area (Å²) >= 11 is 9.85. The van der Waals surface area contributed by atoms with Gasteiger partial charge in [0.05, 0.1) is 6.61 Å². The Balaban J connectivity index is 1.35. The Kier molecular flexibility index (Phi) is 7.91. The Hall–Kier alpha value is -2.56. The molecule has 7 nitrogen and oxygen atoms in total. The van der Waals surface area contributed by atoms with Crippen LogP contribution >= 0.6 is 39.7 Å². The number of nitrogens with one attached hydrogen (secondary N) is 3. The van der Waals surface area contributed by atoms with Gasteiger partial charge in [0.15, 0.2) is 10.8 Å². The van der Waals surface area contributed by atoms with E-state index >= 15 is 0 Å². The van der Waals surface area contributed by atoms with Gasteiger partial charge in [-0.1, -0.05) is 26.5 Å². The van der Waals surface area contributed by atoms with Crippen molar-refractivity contribution in [2.24, 2.45) is 0 Å². The molecule has 0 aliphatic rings. The number of thiocarbonyl (C=S) groups is 1. The van der Waals surface area contributed by atoms with Gasteiger partial charge in [-0.2, -0.15) is 0 Å². The first-order valence-electron chi connectivity index (χ1n) is 8.72. The molecule has 1 heterocycles. The number of ether oxygens (including phenoxy) is 1. The number of amides is 1. The lowest BCUT2D eigenvalue weighted by Crippen LogP contribution is -2.30. The van der Waals surface area contributed by atoms with Gasteiger partial charge in [-0.25, -0.2) is 0 Å². The van der Waals surface area contributed by atoms with E-state index in [0.29, 0.717) is 29.6 Å². The van der Waals surface area contributed by atoms with E-state index in [9.17, 15) is 4.79 Å². The molecule has 0 saturated carbocycles. The Morgan fingerprint density at radius 1 is 1.14 bits per heavy atom. The average Bonchev–Trinajstić information content (AvgIpc) is 3.24. The molecule has 0 spiro atoms. The van der Waals surface area contributed by atoms with Crippen molar-refractivity contribution in [2.75, 3.05) is 23.8 Å². The lowest BCUT2D eigenvalue weighted by Gasteiger charge is -2.12. The normalized spacial score (nSPS) is 10.2. The Bertz CT molecular complexity index is 951. The zero-order valence-corrected chi connectivity index (χ0v) is 18.4. The SMILES string of the molecule is O=C(Nc1ccc(NC(=S)NCCCOc2cccc(Br)c2)cc1)c1csnn1. The van der Waals surface area contributed by atoms with Crippen molar-refractivity contribution >= 4 is 62.1 Å². The van der Waals surface area contributed by atoms with Gasteiger partial charge in [-0.15, -0.1) is 5.10 Å². The summed E-state index contributed by atoms with van der Waals surface area (Å²) in [4.78, 5) is 12.0. The highest BCUT2D eigenvalue weighted by atomic mass is 79.9. The van der Waals surface area contributed by atoms with Crippen molar-refractivity contribution < 1.29 is 9.53 Å². The summed E-state index contributed by atoms with van der Waals surface area (Å²) in [6.07, 6.45) is 0.810. The topological polar surface area (TPSA) is 88.2 Å². The van der Waals surface area contributed by atoms with E-state index in [1.807, 2.05) is 36.4 Å². The van der Waals surface area contributed by atoms with E-state index in [4.69, 9.17) is 17.0 Å². The minimum absolute atomic E-state index is 0.290. The third kappa shape index (κ3) is 7.08. The first-order chi connectivity index (χ1) is 14.1. The lowest BCUT2D eigenvalue weighted by atomic mass is 10.2. The first kappa shape index (κ1) is 21.2. The molecule has 3 N–H and O–H groups in total. The number of carbonyl (C=O) groups is 1. The van der Waals surface area contributed by atoms with Crippen LogP contribution in [-0.2, 0) is 0 Å². The van der Waals surface area contributed by atoms with Crippen molar-refractivity contribution in [1.29, 1.82) is 0 Å². The molecule has 0 aliphatic heterocycles. The maximum absolute atomic E-state index is 12.0. The quantitative estimate of drug-likeness (QED) is 0.319. The van der Waals surface area contributed by atoms with E-state index in [0.717, 1.165) is 33.9 Å². The predicted octanol–water partition coefficient (Wildman–Crippen LogP) is 4.31. The van der Waals surface area contributed by atoms with Crippen LogP contribution < -0.4 is 20.7 Å². The van der Waals surface area contributed by atoms with Gasteiger partial charge in [0.2, 0.25) is 0 Å². The fourth-order valence-electron chi connectivity index (χ4n) is 2.29. The predicted molar refractivity (Wildman–Crippen MR) is 123 cm³/mol. The summed E-state index contributed by atoms with van der Waals surface area (Å²) in [5.41, 5.74) is 1.78. The van der Waals surface area contributed by atoms with E-state index in [2.05, 4.69) is 41.5 Å². The highest BCUT2D eigenvalue weighted by Gasteiger charge is 2.08. The van der Waals surface area contributed by atoms with Crippen LogP contribution in [0.4, 0.5) is 11.4 Å². The van der Waals surface area contributed by atoms with Gasteiger partial charge in [0.25, 0.3) is 5.91 Å². The number of aromatic nitrogens is 2. The minimum Gasteiger partial charge on any atom is -0.493 e. The number of rotatable bonds is 8. The van der Waals surface area contributed by atoms with E-state index in [1.165, 1.54) is 0 Å². The largest absolute Gasteiger partial charge is 0.493 e. The van der Waals surface area contributed by atoms with Gasteiger partial charge in [0, 0.05) is 27.8 Å². The van der Waals surface area contributed by atoms with Gasteiger partial charge < -0.3 is 20.7 Å². The number of halogens is 1. The van der Waals surface area contributed by atoms with Crippen LogP contribution in [0.25, 0.3) is 0 Å². The third-order valence-corrected chi connectivity index (χ3v) is 4.91. The summed E-state index contributed by atoms with van der Waals surface area (Å²) in [6, 6.07) is 15.0. The number of hydrogen-bond donors (Lipinski definition) is 3. The summed E-state index contributed by atoms with van der Waals surface area (Å²) in [7, 11) is 0. The number of carbonyl (C=O) groups excluding carboxylic acids is 1. The fraction of sp³-hybridized carbons (Fsp3) is 0.158. The number of nitrogens with zero attached hydrogens (tertiary/aromatic N) is 2. The summed E-state index contributed by atoms with van der Waals surface area (Å²) < 4.78 is 10.3. The molecule has 0 atom stereocenters. The molecular formula is C19H18BrN5O2S2. The van der Waals surface area contributed by atoms with Crippen LogP contribution in [0.1, 0.15) is 16.9 Å². The zero-order chi connectivity index (χ0) is 20.5. The van der Waals surface area contributed by atoms with Gasteiger partial charge >= 0.3 is 0 Å². The number of benzene rings is 2. The minimum atomic E-state index is -0.290. The molecule has 0 aliphatic carbocycles. The molecule has 0 radical (unpaired) electrons. The molecule has 2 aromatic carbocycles. The standard InChI is InChI=1S/C19H18BrN5O2S2/c20-13-3-1-4-16(11-13)27-10-2-9-21-19(28)23-15-7-5-14(6-8-15)22-18(26)17-12-29-25-24-17/h1,3-8,11-12H,2,9-10H2,(H,22,26)(H2,21,23,28). The molecule has 150 valence electrons. The second kappa shape index (κ2) is 10.8. The molecule has 29 heavy (non-hydrogen) atoms. The summed E-state index contributed by atoms with van der Waals surface area (Å²) in [6.45, 7) is 1.28. The molecule has 3 rings (SSSR count). The lowest BCUT2D eigenvalue weighted by molar-refractivity contribution is 0.102. The van der Waals surface area contributed by atoms with Gasteiger partial charge in [0.1, 0.15) is 5.75 Å². The summed E-state index contributed by atoms with van der Waals surface area (Å²) in [5, 5.41) is 14.9. The van der Waals surface area contributed by atoms with E-state index in [1.54, 1.807) is 17.5 Å². The molecule has 1 aromatic heterocycles. The molecule has 0 unspecified atom stereocenters. The van der Waals surface area contributed by atoms with Crippen molar-refractivity contribution in [1.82, 2.24) is 14.9 Å². The van der Waals surface area contributed by atoms with Crippen LogP contribution in [0.2, 0.25) is 0 Å². The Morgan fingerprint density at radius 2 is 1.90 bits per heavy atom. The smallest absolute Gasteiger partial charge is 0.277 e. The highest BCUT2D eigenvalue weighted by Crippen LogP contribution is 2.18. The first-order valence-corrected chi connectivity index (χ1v) is 10.8. The van der Waals surface area contributed by atoms with Crippen LogP contribution in [-0.4, -0.2) is 33.8 Å². The van der Waals surface area contributed by atoms with Crippen molar-refractivity contribution in [3.8, 4) is 5.75 Å². The average molecular weight is 492 g/mol. The second-order valence-electron chi connectivity index (χ2n) is 5.86. The zero-order valence-electron chi connectivity index (χ0n) is 15.2. The van der Waals surface area contributed by atoms with Crippen LogP contribution in [0.3, 0.4) is 0 Å². The molecule has 10 heteroatoms. The van der Waals surface area contributed by atoms with Crippen molar-refractivity contribution in [3.05, 3.63) is 64.1 Å². The van der Waals surface area contributed by atoms with Crippen LogP contribution in [0.5, 0.6) is 5.75 Å². The number of anilines is 2. The highest BCUT2D eigenvalue weighted by molar-refractivity contribution is 9.10. The van der Waals surface area contributed by atoms with Crippen molar-refractivity contribution in [3.63, 3.8) is 0 Å². The Morgan fingerprint density at radius 3 is 2.59 bits per heavy atom. The van der Waals surface area contributed by atoms with Gasteiger partial charge in [-0.3, -0.25) is 4.79 Å². The van der Waals surface area contributed by atoms with Crippen LogP contribution in [0.15, 0.2) is 58.4 Å². The number of hydrogen-bond acceptors (Lipinski definition) is 6. The maximum Gasteiger partial charge on any atom is 0.277 e. The molecule has 0 bridgehead atoms. The summed E-state index contributed by atoms with van der Waals surface area (Å²) in [5.74, 6) is 0.542. The fourth-order valence-corrected chi connectivity index (χ4v) is 3.33. The second-order valence-corrected chi connectivity index (χ2v) is 7.80. The van der Waals surface area contributed by atoms with E-state index < -0.39 is 0 Å². The molecule has 3 aromatic rings.